The van der Waals surface area contributed by atoms with Gasteiger partial charge in [-0.3, -0.25) is 4.79 Å². The van der Waals surface area contributed by atoms with E-state index in [9.17, 15) is 4.79 Å². The molecule has 0 radical (unpaired) electrons. The lowest BCUT2D eigenvalue weighted by Crippen LogP contribution is -2.26. The highest BCUT2D eigenvalue weighted by molar-refractivity contribution is 5.85. The Balaban J connectivity index is 0. The van der Waals surface area contributed by atoms with Gasteiger partial charge in [0.2, 0.25) is 0 Å². The van der Waals surface area contributed by atoms with Crippen molar-refractivity contribution in [3.05, 3.63) is 18.2 Å². The van der Waals surface area contributed by atoms with Crippen LogP contribution >= 0.6 is 24.8 Å². The largest absolute Gasteiger partial charge is 0.469 e. The van der Waals surface area contributed by atoms with Crippen LogP contribution < -0.4 is 5.73 Å². The Morgan fingerprint density at radius 1 is 1.67 bits per heavy atom. The standard InChI is InChI=1S/C8H13N3O2.2ClH/c1-13-8(12)6(3-9)2-7-4-10-5-11-7;;/h4-6H,2-3,9H2,1H3,(H,10,11);2*1H. The van der Waals surface area contributed by atoms with Gasteiger partial charge < -0.3 is 15.5 Å². The highest BCUT2D eigenvalue weighted by Crippen LogP contribution is 2.05. The van der Waals surface area contributed by atoms with Crippen molar-refractivity contribution in [2.24, 2.45) is 11.7 Å². The number of ether oxygens (including phenoxy) is 1. The minimum atomic E-state index is -0.287. The van der Waals surface area contributed by atoms with E-state index in [1.807, 2.05) is 0 Å². The van der Waals surface area contributed by atoms with Crippen LogP contribution in [0.4, 0.5) is 0 Å². The molecule has 1 aromatic rings. The van der Waals surface area contributed by atoms with Crippen LogP contribution in [-0.2, 0) is 16.0 Å². The molecular formula is C8H15Cl2N3O2. The van der Waals surface area contributed by atoms with Crippen LogP contribution in [0.5, 0.6) is 0 Å². The van der Waals surface area contributed by atoms with Gasteiger partial charge in [0.15, 0.2) is 0 Å². The second-order valence-electron chi connectivity index (χ2n) is 2.74. The number of nitrogens with two attached hydrogens (primary N) is 1. The van der Waals surface area contributed by atoms with Gasteiger partial charge in [-0.15, -0.1) is 24.8 Å². The predicted molar refractivity (Wildman–Crippen MR) is 61.3 cm³/mol. The molecule has 1 rings (SSSR count). The summed E-state index contributed by atoms with van der Waals surface area (Å²) < 4.78 is 4.60. The van der Waals surface area contributed by atoms with Crippen molar-refractivity contribution in [2.75, 3.05) is 13.7 Å². The minimum absolute atomic E-state index is 0. The van der Waals surface area contributed by atoms with E-state index in [1.54, 1.807) is 12.5 Å². The van der Waals surface area contributed by atoms with Gasteiger partial charge in [0.25, 0.3) is 0 Å². The van der Waals surface area contributed by atoms with Crippen LogP contribution in [0.3, 0.4) is 0 Å². The Labute approximate surface area is 101 Å². The van der Waals surface area contributed by atoms with Crippen LogP contribution in [0.2, 0.25) is 0 Å². The number of aromatic amines is 1. The van der Waals surface area contributed by atoms with Crippen molar-refractivity contribution in [2.45, 2.75) is 6.42 Å². The number of carbonyl (C=O) groups excluding carboxylic acids is 1. The summed E-state index contributed by atoms with van der Waals surface area (Å²) in [6.07, 6.45) is 3.79. The highest BCUT2D eigenvalue weighted by Gasteiger charge is 2.18. The molecule has 7 heteroatoms. The van der Waals surface area contributed by atoms with Gasteiger partial charge in [0.1, 0.15) is 0 Å². The fourth-order valence-electron chi connectivity index (χ4n) is 1.09. The van der Waals surface area contributed by atoms with E-state index in [0.717, 1.165) is 5.69 Å². The first-order chi connectivity index (χ1) is 6.27. The molecule has 0 aliphatic carbocycles. The summed E-state index contributed by atoms with van der Waals surface area (Å²) in [5.74, 6) is -0.567. The predicted octanol–water partition coefficient (Wildman–Crippen LogP) is 0.544. The Morgan fingerprint density at radius 3 is 2.73 bits per heavy atom. The quantitative estimate of drug-likeness (QED) is 0.770. The summed E-state index contributed by atoms with van der Waals surface area (Å²) in [5, 5.41) is 0. The number of nitrogens with one attached hydrogen (secondary N) is 1. The zero-order valence-corrected chi connectivity index (χ0v) is 9.94. The zero-order valence-electron chi connectivity index (χ0n) is 8.30. The number of halogens is 2. The number of H-pyrrole nitrogens is 1. The van der Waals surface area contributed by atoms with Crippen molar-refractivity contribution >= 4 is 30.8 Å². The smallest absolute Gasteiger partial charge is 0.310 e. The fraction of sp³-hybridized carbons (Fsp3) is 0.500. The molecule has 1 heterocycles. The maximum absolute atomic E-state index is 11.1. The van der Waals surface area contributed by atoms with Crippen LogP contribution in [0, 0.1) is 5.92 Å². The van der Waals surface area contributed by atoms with Gasteiger partial charge in [-0.1, -0.05) is 0 Å². The molecule has 0 bridgehead atoms. The third-order valence-corrected chi connectivity index (χ3v) is 1.84. The van der Waals surface area contributed by atoms with Crippen LogP contribution in [0.25, 0.3) is 0 Å². The summed E-state index contributed by atoms with van der Waals surface area (Å²) in [7, 11) is 1.36. The molecule has 1 atom stereocenters. The van der Waals surface area contributed by atoms with Crippen molar-refractivity contribution in [3.8, 4) is 0 Å². The van der Waals surface area contributed by atoms with Crippen LogP contribution in [0.1, 0.15) is 5.69 Å². The Hall–Kier alpha value is -0.780. The van der Waals surface area contributed by atoms with E-state index in [1.165, 1.54) is 7.11 Å². The number of rotatable bonds is 4. The number of hydrogen-bond donors (Lipinski definition) is 2. The number of methoxy groups -OCH3 is 1. The SMILES string of the molecule is COC(=O)C(CN)Cc1cnc[nH]1.Cl.Cl. The number of hydrogen-bond acceptors (Lipinski definition) is 4. The third-order valence-electron chi connectivity index (χ3n) is 1.84. The molecule has 15 heavy (non-hydrogen) atoms. The van der Waals surface area contributed by atoms with Gasteiger partial charge in [-0.25, -0.2) is 4.98 Å². The molecule has 0 spiro atoms. The third kappa shape index (κ3) is 5.01. The maximum Gasteiger partial charge on any atom is 0.310 e. The molecule has 0 aliphatic rings. The van der Waals surface area contributed by atoms with Crippen molar-refractivity contribution in [1.29, 1.82) is 0 Å². The number of imidazole rings is 1. The molecule has 5 nitrogen and oxygen atoms in total. The topological polar surface area (TPSA) is 81.0 Å². The van der Waals surface area contributed by atoms with E-state index in [0.29, 0.717) is 6.42 Å². The van der Waals surface area contributed by atoms with Crippen LogP contribution in [0.15, 0.2) is 12.5 Å². The Morgan fingerprint density at radius 2 is 2.33 bits per heavy atom. The number of esters is 1. The monoisotopic (exact) mass is 255 g/mol. The van der Waals surface area contributed by atoms with Gasteiger partial charge in [-0.2, -0.15) is 0 Å². The molecular weight excluding hydrogens is 241 g/mol. The lowest BCUT2D eigenvalue weighted by molar-refractivity contribution is -0.145. The molecule has 0 saturated carbocycles. The van der Waals surface area contributed by atoms with Crippen molar-refractivity contribution in [1.82, 2.24) is 9.97 Å². The van der Waals surface area contributed by atoms with Gasteiger partial charge in [0.05, 0.1) is 19.4 Å². The lowest BCUT2D eigenvalue weighted by atomic mass is 10.0. The molecule has 0 aliphatic heterocycles. The van der Waals surface area contributed by atoms with Crippen LogP contribution in [-0.4, -0.2) is 29.6 Å². The number of carbonyl (C=O) groups is 1. The first-order valence-electron chi connectivity index (χ1n) is 4.03. The first kappa shape index (κ1) is 16.6. The summed E-state index contributed by atoms with van der Waals surface area (Å²) >= 11 is 0. The number of nitrogens with zero attached hydrogens (tertiary/aromatic N) is 1. The Kier molecular flexibility index (Phi) is 9.46. The van der Waals surface area contributed by atoms with Gasteiger partial charge in [0, 0.05) is 24.9 Å². The van der Waals surface area contributed by atoms with Gasteiger partial charge >= 0.3 is 5.97 Å². The van der Waals surface area contributed by atoms with E-state index < -0.39 is 0 Å². The average Bonchev–Trinajstić information content (AvgIpc) is 2.65. The summed E-state index contributed by atoms with van der Waals surface area (Å²) in [4.78, 5) is 17.9. The molecule has 0 aromatic carbocycles. The zero-order chi connectivity index (χ0) is 9.68. The summed E-state index contributed by atoms with van der Waals surface area (Å²) in [5.41, 5.74) is 6.32. The molecule has 0 saturated heterocycles. The highest BCUT2D eigenvalue weighted by atomic mass is 35.5. The van der Waals surface area contributed by atoms with Crippen molar-refractivity contribution in [3.63, 3.8) is 0 Å². The normalized spacial score (nSPS) is 10.8. The minimum Gasteiger partial charge on any atom is -0.469 e. The first-order valence-corrected chi connectivity index (χ1v) is 4.03. The summed E-state index contributed by atoms with van der Waals surface area (Å²) in [6.45, 7) is 0.283. The molecule has 88 valence electrons. The molecule has 1 unspecified atom stereocenters. The van der Waals surface area contributed by atoms with Crippen molar-refractivity contribution < 1.29 is 9.53 Å². The van der Waals surface area contributed by atoms with E-state index in [4.69, 9.17) is 5.73 Å². The maximum atomic E-state index is 11.1. The molecule has 0 fully saturated rings. The molecule has 1 aromatic heterocycles. The average molecular weight is 256 g/mol. The second-order valence-corrected chi connectivity index (χ2v) is 2.74. The van der Waals surface area contributed by atoms with E-state index in [2.05, 4.69) is 14.7 Å². The fourth-order valence-corrected chi connectivity index (χ4v) is 1.09. The van der Waals surface area contributed by atoms with E-state index >= 15 is 0 Å². The number of aromatic nitrogens is 2. The molecule has 3 N–H and O–H groups in total. The second kappa shape index (κ2) is 8.52. The molecule has 0 amide bonds. The summed E-state index contributed by atoms with van der Waals surface area (Å²) in [6, 6.07) is 0. The van der Waals surface area contributed by atoms with E-state index in [-0.39, 0.29) is 43.2 Å². The Bertz CT molecular complexity index is 267. The lowest BCUT2D eigenvalue weighted by Gasteiger charge is -2.10. The van der Waals surface area contributed by atoms with Gasteiger partial charge in [-0.05, 0) is 0 Å².